The van der Waals surface area contributed by atoms with Crippen molar-refractivity contribution < 1.29 is 0 Å². The molecule has 0 unspecified atom stereocenters. The van der Waals surface area contributed by atoms with Gasteiger partial charge in [-0.25, -0.2) is 15.0 Å². The molecule has 22 heavy (non-hydrogen) atoms. The SMILES string of the molecule is CC(C)CCNc1ncnc(NCCCn2ccnc2)c1N. The van der Waals surface area contributed by atoms with Gasteiger partial charge in [0.15, 0.2) is 11.6 Å². The Labute approximate surface area is 131 Å². The minimum absolute atomic E-state index is 0.578. The summed E-state index contributed by atoms with van der Waals surface area (Å²) in [6.45, 7) is 6.96. The zero-order valence-electron chi connectivity index (χ0n) is 13.3. The highest BCUT2D eigenvalue weighted by Crippen LogP contribution is 2.22. The number of aromatic nitrogens is 4. The monoisotopic (exact) mass is 303 g/mol. The minimum atomic E-state index is 0.578. The molecule has 2 aromatic heterocycles. The Balaban J connectivity index is 1.80. The maximum Gasteiger partial charge on any atom is 0.154 e. The van der Waals surface area contributed by atoms with E-state index in [0.29, 0.717) is 23.2 Å². The minimum Gasteiger partial charge on any atom is -0.393 e. The summed E-state index contributed by atoms with van der Waals surface area (Å²) >= 11 is 0. The lowest BCUT2D eigenvalue weighted by molar-refractivity contribution is 0.606. The van der Waals surface area contributed by atoms with E-state index in [4.69, 9.17) is 5.73 Å². The van der Waals surface area contributed by atoms with Gasteiger partial charge in [0.25, 0.3) is 0 Å². The molecule has 0 fully saturated rings. The van der Waals surface area contributed by atoms with Crippen LogP contribution in [0.3, 0.4) is 0 Å². The summed E-state index contributed by atoms with van der Waals surface area (Å²) in [4.78, 5) is 12.4. The molecule has 120 valence electrons. The molecule has 0 saturated heterocycles. The molecule has 0 saturated carbocycles. The molecule has 0 aliphatic carbocycles. The van der Waals surface area contributed by atoms with Gasteiger partial charge < -0.3 is 20.9 Å². The number of aryl methyl sites for hydroxylation is 1. The van der Waals surface area contributed by atoms with Crippen molar-refractivity contribution in [2.75, 3.05) is 29.5 Å². The highest BCUT2D eigenvalue weighted by molar-refractivity contribution is 5.73. The van der Waals surface area contributed by atoms with E-state index < -0.39 is 0 Å². The number of anilines is 3. The largest absolute Gasteiger partial charge is 0.393 e. The van der Waals surface area contributed by atoms with Gasteiger partial charge in [-0.1, -0.05) is 13.8 Å². The molecule has 4 N–H and O–H groups in total. The van der Waals surface area contributed by atoms with Gasteiger partial charge in [0.05, 0.1) is 6.33 Å². The summed E-state index contributed by atoms with van der Waals surface area (Å²) in [6, 6.07) is 0. The van der Waals surface area contributed by atoms with Gasteiger partial charge in [-0.15, -0.1) is 0 Å². The fourth-order valence-corrected chi connectivity index (χ4v) is 2.04. The molecule has 0 aliphatic rings. The van der Waals surface area contributed by atoms with Crippen LogP contribution in [0.5, 0.6) is 0 Å². The molecule has 0 aromatic carbocycles. The fraction of sp³-hybridized carbons (Fsp3) is 0.533. The first kappa shape index (κ1) is 16.1. The van der Waals surface area contributed by atoms with Gasteiger partial charge in [0.1, 0.15) is 12.0 Å². The summed E-state index contributed by atoms with van der Waals surface area (Å²) in [7, 11) is 0. The lowest BCUT2D eigenvalue weighted by Crippen LogP contribution is -2.13. The zero-order chi connectivity index (χ0) is 15.8. The molecule has 0 atom stereocenters. The highest BCUT2D eigenvalue weighted by atomic mass is 15.1. The standard InChI is InChI=1S/C15H25N7/c1-12(2)4-6-19-15-13(16)14(20-10-21-15)18-5-3-8-22-9-7-17-11-22/h7,9-12H,3-6,8,16H2,1-2H3,(H2,18,19,20,21). The zero-order valence-corrected chi connectivity index (χ0v) is 13.3. The third-order valence-corrected chi connectivity index (χ3v) is 3.34. The number of imidazole rings is 1. The topological polar surface area (TPSA) is 93.7 Å². The number of nitrogens with zero attached hydrogens (tertiary/aromatic N) is 4. The third kappa shape index (κ3) is 4.91. The second-order valence-corrected chi connectivity index (χ2v) is 5.67. The van der Waals surface area contributed by atoms with E-state index in [1.807, 2.05) is 17.1 Å². The molecule has 2 aromatic rings. The number of nitrogens with one attached hydrogen (secondary N) is 2. The summed E-state index contributed by atoms with van der Waals surface area (Å²) < 4.78 is 2.05. The second kappa shape index (κ2) is 8.21. The van der Waals surface area contributed by atoms with Crippen LogP contribution in [0.15, 0.2) is 25.0 Å². The lowest BCUT2D eigenvalue weighted by Gasteiger charge is -2.13. The molecule has 0 spiro atoms. The molecular weight excluding hydrogens is 278 g/mol. The summed E-state index contributed by atoms with van der Waals surface area (Å²) in [6.07, 6.45) is 9.13. The van der Waals surface area contributed by atoms with E-state index in [-0.39, 0.29) is 0 Å². The maximum absolute atomic E-state index is 6.11. The summed E-state index contributed by atoms with van der Waals surface area (Å²) in [5.41, 5.74) is 6.69. The van der Waals surface area contributed by atoms with Gasteiger partial charge >= 0.3 is 0 Å². The predicted molar refractivity (Wildman–Crippen MR) is 89.7 cm³/mol. The van der Waals surface area contributed by atoms with E-state index in [1.54, 1.807) is 6.20 Å². The number of nitrogens with two attached hydrogens (primary N) is 1. The van der Waals surface area contributed by atoms with Gasteiger partial charge in [-0.2, -0.15) is 0 Å². The third-order valence-electron chi connectivity index (χ3n) is 3.34. The van der Waals surface area contributed by atoms with E-state index in [9.17, 15) is 0 Å². The van der Waals surface area contributed by atoms with Crippen molar-refractivity contribution in [3.8, 4) is 0 Å². The van der Waals surface area contributed by atoms with E-state index >= 15 is 0 Å². The molecule has 0 amide bonds. The smallest absolute Gasteiger partial charge is 0.154 e. The van der Waals surface area contributed by atoms with Gasteiger partial charge in [0, 0.05) is 32.0 Å². The molecule has 7 heteroatoms. The molecular formula is C15H25N7. The first-order valence-corrected chi connectivity index (χ1v) is 7.70. The van der Waals surface area contributed by atoms with Crippen molar-refractivity contribution in [1.29, 1.82) is 0 Å². The molecule has 7 nitrogen and oxygen atoms in total. The normalized spacial score (nSPS) is 10.9. The Morgan fingerprint density at radius 1 is 1.18 bits per heavy atom. The summed E-state index contributed by atoms with van der Waals surface area (Å²) in [5.74, 6) is 2.04. The highest BCUT2D eigenvalue weighted by Gasteiger charge is 2.07. The molecule has 0 bridgehead atoms. The van der Waals surface area contributed by atoms with Crippen molar-refractivity contribution in [1.82, 2.24) is 19.5 Å². The first-order chi connectivity index (χ1) is 10.7. The molecule has 2 heterocycles. The van der Waals surface area contributed by atoms with E-state index in [0.717, 1.165) is 32.5 Å². The van der Waals surface area contributed by atoms with Gasteiger partial charge in [0.2, 0.25) is 0 Å². The van der Waals surface area contributed by atoms with Crippen molar-refractivity contribution in [2.24, 2.45) is 5.92 Å². The van der Waals surface area contributed by atoms with Crippen LogP contribution in [0.1, 0.15) is 26.7 Å². The van der Waals surface area contributed by atoms with Crippen molar-refractivity contribution in [2.45, 2.75) is 33.2 Å². The van der Waals surface area contributed by atoms with Crippen molar-refractivity contribution in [3.05, 3.63) is 25.0 Å². The first-order valence-electron chi connectivity index (χ1n) is 7.70. The van der Waals surface area contributed by atoms with Gasteiger partial charge in [-0.3, -0.25) is 0 Å². The maximum atomic E-state index is 6.11. The second-order valence-electron chi connectivity index (χ2n) is 5.67. The lowest BCUT2D eigenvalue weighted by atomic mass is 10.1. The predicted octanol–water partition coefficient (Wildman–Crippen LogP) is 2.22. The van der Waals surface area contributed by atoms with E-state index in [1.165, 1.54) is 6.33 Å². The van der Waals surface area contributed by atoms with Gasteiger partial charge in [-0.05, 0) is 18.8 Å². The van der Waals surface area contributed by atoms with Crippen molar-refractivity contribution >= 4 is 17.3 Å². The van der Waals surface area contributed by atoms with Crippen LogP contribution in [0, 0.1) is 5.92 Å². The molecule has 0 radical (unpaired) electrons. The van der Waals surface area contributed by atoms with E-state index in [2.05, 4.69) is 39.4 Å². The average Bonchev–Trinajstić information content (AvgIpc) is 2.99. The number of hydrogen-bond donors (Lipinski definition) is 3. The Bertz CT molecular complexity index is 551. The number of rotatable bonds is 9. The Kier molecular flexibility index (Phi) is 6.00. The quantitative estimate of drug-likeness (QED) is 0.615. The fourth-order valence-electron chi connectivity index (χ4n) is 2.04. The van der Waals surface area contributed by atoms with Crippen LogP contribution in [-0.2, 0) is 6.54 Å². The Hall–Kier alpha value is -2.31. The van der Waals surface area contributed by atoms with Crippen LogP contribution < -0.4 is 16.4 Å². The van der Waals surface area contributed by atoms with Crippen LogP contribution in [0.2, 0.25) is 0 Å². The van der Waals surface area contributed by atoms with Crippen LogP contribution in [0.4, 0.5) is 17.3 Å². The molecule has 2 rings (SSSR count). The van der Waals surface area contributed by atoms with Crippen LogP contribution >= 0.6 is 0 Å². The van der Waals surface area contributed by atoms with Crippen LogP contribution in [-0.4, -0.2) is 32.6 Å². The number of nitrogen functional groups attached to an aromatic ring is 1. The Morgan fingerprint density at radius 3 is 2.55 bits per heavy atom. The molecule has 0 aliphatic heterocycles. The number of hydrogen-bond acceptors (Lipinski definition) is 6. The summed E-state index contributed by atoms with van der Waals surface area (Å²) in [5, 5.41) is 6.53. The van der Waals surface area contributed by atoms with Crippen molar-refractivity contribution in [3.63, 3.8) is 0 Å². The Morgan fingerprint density at radius 2 is 1.91 bits per heavy atom. The average molecular weight is 303 g/mol. The van der Waals surface area contributed by atoms with Crippen LogP contribution in [0.25, 0.3) is 0 Å².